The third kappa shape index (κ3) is 6.18. The third-order valence-electron chi connectivity index (χ3n) is 3.98. The molecule has 1 amide bonds. The number of piperidine rings is 1. The van der Waals surface area contributed by atoms with Crippen LogP contribution in [0.25, 0.3) is 0 Å². The molecule has 7 heteroatoms. The van der Waals surface area contributed by atoms with Gasteiger partial charge in [0.2, 0.25) is 5.91 Å². The normalized spacial score (nSPS) is 14.6. The zero-order valence-electron chi connectivity index (χ0n) is 14.4. The number of halogens is 1. The highest BCUT2D eigenvalue weighted by Crippen LogP contribution is 2.16. The first-order valence-corrected chi connectivity index (χ1v) is 8.08. The Morgan fingerprint density at radius 1 is 1.21 bits per heavy atom. The van der Waals surface area contributed by atoms with E-state index in [1.165, 1.54) is 6.42 Å². The molecule has 24 heavy (non-hydrogen) atoms. The molecule has 134 valence electrons. The van der Waals surface area contributed by atoms with E-state index in [9.17, 15) is 4.79 Å². The Labute approximate surface area is 161 Å². The minimum Gasteiger partial charge on any atom is -0.496 e. The zero-order chi connectivity index (χ0) is 16.5. The number of nitrogens with one attached hydrogen (secondary N) is 2. The van der Waals surface area contributed by atoms with Gasteiger partial charge in [0.15, 0.2) is 5.96 Å². The van der Waals surface area contributed by atoms with E-state index in [1.54, 1.807) is 14.2 Å². The first-order chi connectivity index (χ1) is 11.2. The highest BCUT2D eigenvalue weighted by molar-refractivity contribution is 14.0. The maximum atomic E-state index is 12.2. The Morgan fingerprint density at radius 2 is 1.92 bits per heavy atom. The molecule has 0 unspecified atom stereocenters. The van der Waals surface area contributed by atoms with Gasteiger partial charge < -0.3 is 20.3 Å². The van der Waals surface area contributed by atoms with Crippen LogP contribution in [0.2, 0.25) is 0 Å². The van der Waals surface area contributed by atoms with E-state index in [2.05, 4.69) is 15.6 Å². The number of likely N-dealkylation sites (tertiary alicyclic amines) is 1. The summed E-state index contributed by atoms with van der Waals surface area (Å²) in [7, 11) is 3.35. The molecule has 2 N–H and O–H groups in total. The largest absolute Gasteiger partial charge is 0.496 e. The Morgan fingerprint density at radius 3 is 2.58 bits per heavy atom. The van der Waals surface area contributed by atoms with Crippen molar-refractivity contribution in [3.8, 4) is 5.75 Å². The topological polar surface area (TPSA) is 66.0 Å². The number of amides is 1. The average molecular weight is 446 g/mol. The second-order valence-electron chi connectivity index (χ2n) is 5.53. The van der Waals surface area contributed by atoms with Crippen LogP contribution in [0.3, 0.4) is 0 Å². The lowest BCUT2D eigenvalue weighted by molar-refractivity contribution is -0.130. The standard InChI is InChI=1S/C17H26N4O2.HI/c1-18-17(19-12-14-8-4-5-9-15(14)23-2)20-13-16(22)21-10-6-3-7-11-21;/h4-5,8-9H,3,6-7,10-13H2,1-2H3,(H2,18,19,20);1H. The lowest BCUT2D eigenvalue weighted by atomic mass is 10.1. The lowest BCUT2D eigenvalue weighted by Gasteiger charge is -2.27. The van der Waals surface area contributed by atoms with Crippen molar-refractivity contribution in [2.75, 3.05) is 33.8 Å². The van der Waals surface area contributed by atoms with Crippen LogP contribution in [-0.2, 0) is 11.3 Å². The van der Waals surface area contributed by atoms with Gasteiger partial charge in [-0.05, 0) is 25.3 Å². The molecule has 1 aromatic carbocycles. The first-order valence-electron chi connectivity index (χ1n) is 8.08. The van der Waals surface area contributed by atoms with Crippen molar-refractivity contribution in [2.45, 2.75) is 25.8 Å². The SMILES string of the molecule is CN=C(NCC(=O)N1CCCCC1)NCc1ccccc1OC.I. The van der Waals surface area contributed by atoms with Gasteiger partial charge in [0, 0.05) is 32.2 Å². The van der Waals surface area contributed by atoms with Crippen molar-refractivity contribution in [1.82, 2.24) is 15.5 Å². The second-order valence-corrected chi connectivity index (χ2v) is 5.53. The predicted molar refractivity (Wildman–Crippen MR) is 107 cm³/mol. The summed E-state index contributed by atoms with van der Waals surface area (Å²) in [5, 5.41) is 6.29. The second kappa shape index (κ2) is 11.1. The molecule has 0 aliphatic carbocycles. The quantitative estimate of drug-likeness (QED) is 0.413. The number of methoxy groups -OCH3 is 1. The molecular weight excluding hydrogens is 419 g/mol. The molecule has 1 aliphatic rings. The van der Waals surface area contributed by atoms with Crippen LogP contribution >= 0.6 is 24.0 Å². The van der Waals surface area contributed by atoms with Crippen LogP contribution in [-0.4, -0.2) is 50.6 Å². The molecule has 6 nitrogen and oxygen atoms in total. The molecule has 0 aromatic heterocycles. The molecule has 1 saturated heterocycles. The number of para-hydroxylation sites is 1. The van der Waals surface area contributed by atoms with E-state index in [-0.39, 0.29) is 36.4 Å². The van der Waals surface area contributed by atoms with Crippen LogP contribution in [0.15, 0.2) is 29.3 Å². The summed E-state index contributed by atoms with van der Waals surface area (Å²) in [6.07, 6.45) is 3.43. The molecule has 1 fully saturated rings. The Balaban J connectivity index is 0.00000288. The van der Waals surface area contributed by atoms with Crippen LogP contribution < -0.4 is 15.4 Å². The van der Waals surface area contributed by atoms with Crippen LogP contribution in [0.1, 0.15) is 24.8 Å². The van der Waals surface area contributed by atoms with Crippen LogP contribution in [0.4, 0.5) is 0 Å². The molecule has 2 rings (SSSR count). The van der Waals surface area contributed by atoms with E-state index in [4.69, 9.17) is 4.74 Å². The number of benzene rings is 1. The van der Waals surface area contributed by atoms with Gasteiger partial charge in [-0.2, -0.15) is 0 Å². The highest BCUT2D eigenvalue weighted by Gasteiger charge is 2.16. The molecule has 0 saturated carbocycles. The molecule has 1 aromatic rings. The smallest absolute Gasteiger partial charge is 0.241 e. The maximum absolute atomic E-state index is 12.2. The Kier molecular flexibility index (Phi) is 9.51. The van der Waals surface area contributed by atoms with E-state index in [0.717, 1.165) is 37.2 Å². The van der Waals surface area contributed by atoms with E-state index >= 15 is 0 Å². The molecule has 1 aliphatic heterocycles. The average Bonchev–Trinajstić information content (AvgIpc) is 2.62. The number of aliphatic imine (C=N–C) groups is 1. The van der Waals surface area contributed by atoms with E-state index < -0.39 is 0 Å². The van der Waals surface area contributed by atoms with Crippen LogP contribution in [0, 0.1) is 0 Å². The minimum absolute atomic E-state index is 0. The zero-order valence-corrected chi connectivity index (χ0v) is 16.7. The fourth-order valence-electron chi connectivity index (χ4n) is 2.66. The van der Waals surface area contributed by atoms with Crippen molar-refractivity contribution in [3.63, 3.8) is 0 Å². The van der Waals surface area contributed by atoms with Gasteiger partial charge in [-0.25, -0.2) is 0 Å². The van der Waals surface area contributed by atoms with Gasteiger partial charge in [0.1, 0.15) is 5.75 Å². The van der Waals surface area contributed by atoms with Crippen molar-refractivity contribution in [1.29, 1.82) is 0 Å². The van der Waals surface area contributed by atoms with Crippen molar-refractivity contribution < 1.29 is 9.53 Å². The van der Waals surface area contributed by atoms with Gasteiger partial charge in [-0.1, -0.05) is 18.2 Å². The van der Waals surface area contributed by atoms with Gasteiger partial charge in [-0.3, -0.25) is 9.79 Å². The summed E-state index contributed by atoms with van der Waals surface area (Å²) >= 11 is 0. The number of hydrogen-bond donors (Lipinski definition) is 2. The summed E-state index contributed by atoms with van der Waals surface area (Å²) in [5.41, 5.74) is 1.04. The highest BCUT2D eigenvalue weighted by atomic mass is 127. The summed E-state index contributed by atoms with van der Waals surface area (Å²) in [6.45, 7) is 2.59. The number of nitrogens with zero attached hydrogens (tertiary/aromatic N) is 2. The molecule has 0 atom stereocenters. The summed E-state index contributed by atoms with van der Waals surface area (Å²) in [5.74, 6) is 1.58. The predicted octanol–water partition coefficient (Wildman–Crippen LogP) is 1.99. The number of rotatable bonds is 5. The number of guanidine groups is 1. The molecule has 0 bridgehead atoms. The Hall–Kier alpha value is -1.51. The molecule has 0 spiro atoms. The number of carbonyl (C=O) groups is 1. The summed E-state index contributed by atoms with van der Waals surface area (Å²) in [6, 6.07) is 7.83. The van der Waals surface area contributed by atoms with Crippen molar-refractivity contribution >= 4 is 35.8 Å². The molecule has 0 radical (unpaired) electrons. The number of hydrogen-bond acceptors (Lipinski definition) is 3. The fourth-order valence-corrected chi connectivity index (χ4v) is 2.66. The lowest BCUT2D eigenvalue weighted by Crippen LogP contribution is -2.45. The maximum Gasteiger partial charge on any atom is 0.241 e. The fraction of sp³-hybridized carbons (Fsp3) is 0.529. The van der Waals surface area contributed by atoms with Gasteiger partial charge in [0.25, 0.3) is 0 Å². The Bertz CT molecular complexity index is 545. The first kappa shape index (κ1) is 20.5. The minimum atomic E-state index is 0. The molecule has 1 heterocycles. The van der Waals surface area contributed by atoms with Crippen LogP contribution in [0.5, 0.6) is 5.75 Å². The van der Waals surface area contributed by atoms with E-state index in [0.29, 0.717) is 12.5 Å². The molecular formula is C17H27IN4O2. The monoisotopic (exact) mass is 446 g/mol. The van der Waals surface area contributed by atoms with Gasteiger partial charge in [-0.15, -0.1) is 24.0 Å². The van der Waals surface area contributed by atoms with Gasteiger partial charge in [0.05, 0.1) is 13.7 Å². The van der Waals surface area contributed by atoms with Gasteiger partial charge >= 0.3 is 0 Å². The van der Waals surface area contributed by atoms with Crippen molar-refractivity contribution in [2.24, 2.45) is 4.99 Å². The number of carbonyl (C=O) groups excluding carboxylic acids is 1. The summed E-state index contributed by atoms with van der Waals surface area (Å²) < 4.78 is 5.33. The van der Waals surface area contributed by atoms with Crippen molar-refractivity contribution in [3.05, 3.63) is 29.8 Å². The number of ether oxygens (including phenoxy) is 1. The summed E-state index contributed by atoms with van der Waals surface area (Å²) in [4.78, 5) is 18.2. The third-order valence-corrected chi connectivity index (χ3v) is 3.98. The van der Waals surface area contributed by atoms with E-state index in [1.807, 2.05) is 29.2 Å².